The van der Waals surface area contributed by atoms with Crippen LogP contribution in [0.4, 0.5) is 5.69 Å². The molecular formula is C20H19ClN2S2. The Bertz CT molecular complexity index is 916. The largest absolute Gasteiger partial charge is 0.326 e. The van der Waals surface area contributed by atoms with Gasteiger partial charge in [0.05, 0.1) is 0 Å². The molecule has 2 aromatic carbocycles. The van der Waals surface area contributed by atoms with Crippen LogP contribution in [-0.2, 0) is 0 Å². The minimum absolute atomic E-state index is 0.763. The van der Waals surface area contributed by atoms with Gasteiger partial charge in [0.2, 0.25) is 0 Å². The van der Waals surface area contributed by atoms with Gasteiger partial charge in [0, 0.05) is 32.2 Å². The third-order valence-electron chi connectivity index (χ3n) is 4.35. The first-order valence-electron chi connectivity index (χ1n) is 8.36. The maximum absolute atomic E-state index is 6.18. The van der Waals surface area contributed by atoms with Crippen LogP contribution in [-0.4, -0.2) is 4.98 Å². The number of hydrogen-bond acceptors (Lipinski definition) is 4. The van der Waals surface area contributed by atoms with E-state index in [0.717, 1.165) is 27.2 Å². The van der Waals surface area contributed by atoms with Gasteiger partial charge < -0.3 is 4.72 Å². The number of aryl methyl sites for hydroxylation is 2. The lowest BCUT2D eigenvalue weighted by atomic mass is 10.2. The molecule has 128 valence electrons. The van der Waals surface area contributed by atoms with Crippen molar-refractivity contribution in [3.63, 3.8) is 0 Å². The normalized spacial score (nSPS) is 13.9. The van der Waals surface area contributed by atoms with E-state index in [4.69, 9.17) is 11.6 Å². The number of benzene rings is 2. The number of hydrogen-bond donors (Lipinski definition) is 1. The Hall–Kier alpha value is -1.49. The van der Waals surface area contributed by atoms with Gasteiger partial charge in [-0.3, -0.25) is 0 Å². The second kappa shape index (κ2) is 7.02. The Balaban J connectivity index is 1.50. The van der Waals surface area contributed by atoms with E-state index in [1.165, 1.54) is 33.7 Å². The average molecular weight is 387 g/mol. The Morgan fingerprint density at radius 3 is 2.80 bits per heavy atom. The quantitative estimate of drug-likeness (QED) is 0.474. The van der Waals surface area contributed by atoms with E-state index in [-0.39, 0.29) is 0 Å². The molecule has 1 heterocycles. The fraction of sp³-hybridized carbons (Fsp3) is 0.250. The summed E-state index contributed by atoms with van der Waals surface area (Å²) in [4.78, 5) is 7.23. The zero-order chi connectivity index (χ0) is 17.4. The molecule has 1 fully saturated rings. The van der Waals surface area contributed by atoms with Crippen LogP contribution in [0.3, 0.4) is 0 Å². The molecule has 1 N–H and O–H groups in total. The molecule has 0 atom stereocenters. The SMILES string of the molecule is Cc1cc(SNc2cccc(-c3ncc(C4CC4)s3)c2)c(C)cc1Cl. The third kappa shape index (κ3) is 3.86. The second-order valence-electron chi connectivity index (χ2n) is 6.49. The first-order valence-corrected chi connectivity index (χ1v) is 10.4. The van der Waals surface area contributed by atoms with Crippen LogP contribution in [0.2, 0.25) is 5.02 Å². The molecule has 1 saturated carbocycles. The van der Waals surface area contributed by atoms with Gasteiger partial charge >= 0.3 is 0 Å². The van der Waals surface area contributed by atoms with Crippen LogP contribution < -0.4 is 4.72 Å². The number of anilines is 1. The van der Waals surface area contributed by atoms with Crippen LogP contribution in [0.1, 0.15) is 34.8 Å². The highest BCUT2D eigenvalue weighted by Crippen LogP contribution is 2.44. The summed E-state index contributed by atoms with van der Waals surface area (Å²) < 4.78 is 3.45. The van der Waals surface area contributed by atoms with Gasteiger partial charge in [0.25, 0.3) is 0 Å². The molecule has 5 heteroatoms. The monoisotopic (exact) mass is 386 g/mol. The molecule has 2 nitrogen and oxygen atoms in total. The average Bonchev–Trinajstić information content (AvgIpc) is 3.34. The predicted molar refractivity (Wildman–Crippen MR) is 110 cm³/mol. The van der Waals surface area contributed by atoms with E-state index in [0.29, 0.717) is 0 Å². The Morgan fingerprint density at radius 1 is 1.16 bits per heavy atom. The first kappa shape index (κ1) is 17.0. The molecule has 0 saturated heterocycles. The van der Waals surface area contributed by atoms with Crippen LogP contribution in [0, 0.1) is 13.8 Å². The van der Waals surface area contributed by atoms with Crippen molar-refractivity contribution in [2.24, 2.45) is 0 Å². The van der Waals surface area contributed by atoms with Crippen molar-refractivity contribution in [2.75, 3.05) is 4.72 Å². The highest BCUT2D eigenvalue weighted by atomic mass is 35.5. The lowest BCUT2D eigenvalue weighted by Crippen LogP contribution is -1.90. The van der Waals surface area contributed by atoms with Gasteiger partial charge in [-0.1, -0.05) is 23.7 Å². The van der Waals surface area contributed by atoms with E-state index in [1.807, 2.05) is 30.5 Å². The summed E-state index contributed by atoms with van der Waals surface area (Å²) in [7, 11) is 0. The summed E-state index contributed by atoms with van der Waals surface area (Å²) in [6.45, 7) is 4.12. The van der Waals surface area contributed by atoms with Crippen molar-refractivity contribution in [2.45, 2.75) is 37.5 Å². The summed E-state index contributed by atoms with van der Waals surface area (Å²) in [5, 5.41) is 1.92. The summed E-state index contributed by atoms with van der Waals surface area (Å²) in [5.74, 6) is 0.763. The molecule has 0 amide bonds. The highest BCUT2D eigenvalue weighted by molar-refractivity contribution is 8.00. The number of rotatable bonds is 5. The van der Waals surface area contributed by atoms with Gasteiger partial charge in [-0.05, 0) is 79.9 Å². The standard InChI is InChI=1S/C20H19ClN2S2/c1-12-9-18(13(2)8-17(12)21)25-23-16-5-3-4-15(10-16)20-22-11-19(24-20)14-6-7-14/h3-5,8-11,14,23H,6-7H2,1-2H3. The van der Waals surface area contributed by atoms with Gasteiger partial charge in [-0.15, -0.1) is 11.3 Å². The van der Waals surface area contributed by atoms with Gasteiger partial charge in [-0.2, -0.15) is 0 Å². The number of aromatic nitrogens is 1. The Labute approximate surface area is 161 Å². The molecular weight excluding hydrogens is 368 g/mol. The van der Waals surface area contributed by atoms with Crippen LogP contribution in [0.5, 0.6) is 0 Å². The van der Waals surface area contributed by atoms with Crippen molar-refractivity contribution < 1.29 is 0 Å². The maximum Gasteiger partial charge on any atom is 0.123 e. The van der Waals surface area contributed by atoms with Crippen LogP contribution in [0.15, 0.2) is 47.5 Å². The Morgan fingerprint density at radius 2 is 2.00 bits per heavy atom. The Kier molecular flexibility index (Phi) is 4.76. The van der Waals surface area contributed by atoms with Crippen LogP contribution >= 0.6 is 34.9 Å². The number of nitrogens with zero attached hydrogens (tertiary/aromatic N) is 1. The molecule has 1 aromatic heterocycles. The van der Waals surface area contributed by atoms with E-state index < -0.39 is 0 Å². The fourth-order valence-electron chi connectivity index (χ4n) is 2.67. The van der Waals surface area contributed by atoms with Crippen LogP contribution in [0.25, 0.3) is 10.6 Å². The molecule has 1 aliphatic carbocycles. The van der Waals surface area contributed by atoms with Crippen molar-refractivity contribution in [3.8, 4) is 10.6 Å². The van der Waals surface area contributed by atoms with Gasteiger partial charge in [0.15, 0.2) is 0 Å². The molecule has 1 aliphatic rings. The summed E-state index contributed by atoms with van der Waals surface area (Å²) in [5.41, 5.74) is 4.53. The first-order chi connectivity index (χ1) is 12.1. The van der Waals surface area contributed by atoms with Gasteiger partial charge in [0.1, 0.15) is 5.01 Å². The van der Waals surface area contributed by atoms with Crippen molar-refractivity contribution in [1.29, 1.82) is 0 Å². The lowest BCUT2D eigenvalue weighted by molar-refractivity contribution is 1.16. The zero-order valence-electron chi connectivity index (χ0n) is 14.2. The minimum atomic E-state index is 0.763. The summed E-state index contributed by atoms with van der Waals surface area (Å²) in [6.07, 6.45) is 4.69. The molecule has 25 heavy (non-hydrogen) atoms. The maximum atomic E-state index is 6.18. The summed E-state index contributed by atoms with van der Waals surface area (Å²) >= 11 is 9.63. The molecule has 0 spiro atoms. The molecule has 4 rings (SSSR count). The fourth-order valence-corrected chi connectivity index (χ4v) is 4.78. The zero-order valence-corrected chi connectivity index (χ0v) is 16.6. The minimum Gasteiger partial charge on any atom is -0.326 e. The van der Waals surface area contributed by atoms with E-state index in [2.05, 4.69) is 47.0 Å². The van der Waals surface area contributed by atoms with E-state index >= 15 is 0 Å². The van der Waals surface area contributed by atoms with Crippen molar-refractivity contribution in [1.82, 2.24) is 4.98 Å². The number of halogens is 1. The molecule has 0 unspecified atom stereocenters. The molecule has 3 aromatic rings. The molecule has 0 aliphatic heterocycles. The highest BCUT2D eigenvalue weighted by Gasteiger charge is 2.25. The predicted octanol–water partition coefficient (Wildman–Crippen LogP) is 7.08. The van der Waals surface area contributed by atoms with Gasteiger partial charge in [-0.25, -0.2) is 4.98 Å². The van der Waals surface area contributed by atoms with E-state index in [1.54, 1.807) is 11.9 Å². The van der Waals surface area contributed by atoms with E-state index in [9.17, 15) is 0 Å². The topological polar surface area (TPSA) is 24.9 Å². The number of thiazole rings is 1. The van der Waals surface area contributed by atoms with Crippen molar-refractivity contribution in [3.05, 3.63) is 63.6 Å². The number of nitrogens with one attached hydrogen (secondary N) is 1. The summed E-state index contributed by atoms with van der Waals surface area (Å²) in [6, 6.07) is 12.6. The molecule has 0 bridgehead atoms. The second-order valence-corrected chi connectivity index (χ2v) is 8.81. The lowest BCUT2D eigenvalue weighted by Gasteiger charge is -2.10. The molecule has 0 radical (unpaired) electrons. The third-order valence-corrected chi connectivity index (χ3v) is 6.96. The smallest absolute Gasteiger partial charge is 0.123 e. The van der Waals surface area contributed by atoms with Crippen molar-refractivity contribution >= 4 is 40.6 Å².